The second-order valence-corrected chi connectivity index (χ2v) is 3.47. The first-order valence-electron chi connectivity index (χ1n) is 4.54. The van der Waals surface area contributed by atoms with Crippen LogP contribution in [-0.4, -0.2) is 6.61 Å². The highest BCUT2D eigenvalue weighted by atomic mass is 19.4. The van der Waals surface area contributed by atoms with E-state index < -0.39 is 23.5 Å². The molecule has 0 heterocycles. The van der Waals surface area contributed by atoms with Crippen LogP contribution in [0.4, 0.5) is 17.6 Å². The van der Waals surface area contributed by atoms with E-state index in [1.807, 2.05) is 0 Å². The summed E-state index contributed by atoms with van der Waals surface area (Å²) in [7, 11) is 0. The molecule has 1 atom stereocenters. The average molecular weight is 237 g/mol. The minimum Gasteiger partial charge on any atom is -0.304 e. The molecule has 1 rings (SSSR count). The SMILES string of the molecule is CC(CON)c1ccc(C(F)(F)F)cc1F. The summed E-state index contributed by atoms with van der Waals surface area (Å²) in [6.45, 7) is 1.65. The van der Waals surface area contributed by atoms with Crippen LogP contribution in [-0.2, 0) is 11.0 Å². The minimum absolute atomic E-state index is 0.0439. The van der Waals surface area contributed by atoms with E-state index in [4.69, 9.17) is 5.90 Å². The Bertz CT molecular complexity index is 364. The molecule has 6 heteroatoms. The summed E-state index contributed by atoms with van der Waals surface area (Å²) in [5, 5.41) is 0. The van der Waals surface area contributed by atoms with Gasteiger partial charge in [-0.2, -0.15) is 13.2 Å². The average Bonchev–Trinajstić information content (AvgIpc) is 2.16. The normalized spacial score (nSPS) is 13.9. The molecular weight excluding hydrogens is 226 g/mol. The molecule has 0 fully saturated rings. The summed E-state index contributed by atoms with van der Waals surface area (Å²) in [4.78, 5) is 4.32. The van der Waals surface area contributed by atoms with Gasteiger partial charge in [-0.05, 0) is 17.7 Å². The van der Waals surface area contributed by atoms with Crippen molar-refractivity contribution < 1.29 is 22.4 Å². The van der Waals surface area contributed by atoms with E-state index in [0.29, 0.717) is 6.07 Å². The van der Waals surface area contributed by atoms with Crippen molar-refractivity contribution in [3.63, 3.8) is 0 Å². The largest absolute Gasteiger partial charge is 0.416 e. The Balaban J connectivity index is 3.00. The molecule has 16 heavy (non-hydrogen) atoms. The maximum atomic E-state index is 13.4. The third kappa shape index (κ3) is 2.93. The van der Waals surface area contributed by atoms with Gasteiger partial charge in [0, 0.05) is 5.92 Å². The molecule has 0 amide bonds. The zero-order valence-electron chi connectivity index (χ0n) is 8.51. The summed E-state index contributed by atoms with van der Waals surface area (Å²) in [6, 6.07) is 2.41. The molecule has 2 N–H and O–H groups in total. The van der Waals surface area contributed by atoms with Crippen molar-refractivity contribution in [3.05, 3.63) is 35.1 Å². The van der Waals surface area contributed by atoms with Gasteiger partial charge in [0.2, 0.25) is 0 Å². The van der Waals surface area contributed by atoms with Crippen molar-refractivity contribution in [2.24, 2.45) is 5.90 Å². The molecule has 0 radical (unpaired) electrons. The molecule has 90 valence electrons. The predicted molar refractivity (Wildman–Crippen MR) is 50.0 cm³/mol. The van der Waals surface area contributed by atoms with Crippen molar-refractivity contribution >= 4 is 0 Å². The van der Waals surface area contributed by atoms with E-state index in [1.165, 1.54) is 0 Å². The quantitative estimate of drug-likeness (QED) is 0.648. The van der Waals surface area contributed by atoms with E-state index >= 15 is 0 Å². The Morgan fingerprint density at radius 1 is 1.38 bits per heavy atom. The van der Waals surface area contributed by atoms with Crippen molar-refractivity contribution in [1.82, 2.24) is 0 Å². The standard InChI is InChI=1S/C10H11F4NO/c1-6(5-16-15)8-3-2-7(4-9(8)11)10(12,13)14/h2-4,6H,5,15H2,1H3. The first-order chi connectivity index (χ1) is 7.36. The van der Waals surface area contributed by atoms with Crippen LogP contribution in [0.2, 0.25) is 0 Å². The van der Waals surface area contributed by atoms with Gasteiger partial charge < -0.3 is 4.84 Å². The molecule has 1 unspecified atom stereocenters. The molecule has 0 spiro atoms. The van der Waals surface area contributed by atoms with E-state index in [0.717, 1.165) is 12.1 Å². The van der Waals surface area contributed by atoms with Gasteiger partial charge in [0.15, 0.2) is 0 Å². The van der Waals surface area contributed by atoms with Gasteiger partial charge in [-0.25, -0.2) is 10.3 Å². The highest BCUT2D eigenvalue weighted by molar-refractivity contribution is 5.28. The number of nitrogens with two attached hydrogens (primary N) is 1. The zero-order valence-corrected chi connectivity index (χ0v) is 8.51. The molecule has 0 aliphatic carbocycles. The topological polar surface area (TPSA) is 35.2 Å². The lowest BCUT2D eigenvalue weighted by Gasteiger charge is -2.13. The van der Waals surface area contributed by atoms with E-state index in [1.54, 1.807) is 6.92 Å². The van der Waals surface area contributed by atoms with Crippen molar-refractivity contribution in [2.45, 2.75) is 19.0 Å². The number of benzene rings is 1. The first kappa shape index (κ1) is 12.9. The molecular formula is C10H11F4NO. The number of hydrogen-bond acceptors (Lipinski definition) is 2. The first-order valence-corrected chi connectivity index (χ1v) is 4.54. The number of halogens is 4. The molecule has 2 nitrogen and oxygen atoms in total. The molecule has 0 saturated heterocycles. The molecule has 0 bridgehead atoms. The van der Waals surface area contributed by atoms with E-state index in [-0.39, 0.29) is 12.2 Å². The van der Waals surface area contributed by atoms with Gasteiger partial charge in [0.25, 0.3) is 0 Å². The lowest BCUT2D eigenvalue weighted by atomic mass is 10.00. The second kappa shape index (κ2) is 4.80. The number of alkyl halides is 3. The van der Waals surface area contributed by atoms with Gasteiger partial charge in [0.1, 0.15) is 5.82 Å². The molecule has 0 aliphatic rings. The maximum absolute atomic E-state index is 13.4. The third-order valence-electron chi connectivity index (χ3n) is 2.20. The van der Waals surface area contributed by atoms with Crippen LogP contribution in [0.15, 0.2) is 18.2 Å². The third-order valence-corrected chi connectivity index (χ3v) is 2.20. The van der Waals surface area contributed by atoms with Crippen LogP contribution in [0.5, 0.6) is 0 Å². The predicted octanol–water partition coefficient (Wildman–Crippen LogP) is 2.84. The fraction of sp³-hybridized carbons (Fsp3) is 0.400. The summed E-state index contributed by atoms with van der Waals surface area (Å²) < 4.78 is 50.1. The summed E-state index contributed by atoms with van der Waals surface area (Å²) >= 11 is 0. The van der Waals surface area contributed by atoms with Gasteiger partial charge in [-0.15, -0.1) is 0 Å². The lowest BCUT2D eigenvalue weighted by Crippen LogP contribution is -2.11. The van der Waals surface area contributed by atoms with Crippen molar-refractivity contribution in [1.29, 1.82) is 0 Å². The summed E-state index contributed by atoms with van der Waals surface area (Å²) in [6.07, 6.45) is -4.53. The Labute approximate surface area is 90.0 Å². The number of hydrogen-bond donors (Lipinski definition) is 1. The van der Waals surface area contributed by atoms with E-state index in [9.17, 15) is 17.6 Å². The van der Waals surface area contributed by atoms with E-state index in [2.05, 4.69) is 4.84 Å². The Morgan fingerprint density at radius 3 is 2.44 bits per heavy atom. The Kier molecular flexibility index (Phi) is 3.88. The monoisotopic (exact) mass is 237 g/mol. The van der Waals surface area contributed by atoms with Crippen LogP contribution < -0.4 is 5.90 Å². The van der Waals surface area contributed by atoms with Crippen LogP contribution in [0, 0.1) is 5.82 Å². The van der Waals surface area contributed by atoms with Gasteiger partial charge in [-0.1, -0.05) is 13.0 Å². The van der Waals surface area contributed by atoms with Gasteiger partial charge in [0.05, 0.1) is 12.2 Å². The van der Waals surface area contributed by atoms with Crippen LogP contribution in [0.25, 0.3) is 0 Å². The second-order valence-electron chi connectivity index (χ2n) is 3.47. The summed E-state index contributed by atoms with van der Waals surface area (Å²) in [5.41, 5.74) is -0.854. The van der Waals surface area contributed by atoms with Crippen LogP contribution >= 0.6 is 0 Å². The van der Waals surface area contributed by atoms with Gasteiger partial charge >= 0.3 is 6.18 Å². The molecule has 0 saturated carbocycles. The Hall–Kier alpha value is -1.14. The van der Waals surface area contributed by atoms with Crippen LogP contribution in [0.1, 0.15) is 24.0 Å². The molecule has 1 aromatic carbocycles. The zero-order chi connectivity index (χ0) is 12.3. The van der Waals surface area contributed by atoms with Crippen molar-refractivity contribution in [2.75, 3.05) is 6.61 Å². The van der Waals surface area contributed by atoms with Crippen molar-refractivity contribution in [3.8, 4) is 0 Å². The smallest absolute Gasteiger partial charge is 0.304 e. The summed E-state index contributed by atoms with van der Waals surface area (Å²) in [5.74, 6) is 3.51. The van der Waals surface area contributed by atoms with Gasteiger partial charge in [-0.3, -0.25) is 0 Å². The fourth-order valence-electron chi connectivity index (χ4n) is 1.34. The highest BCUT2D eigenvalue weighted by Crippen LogP contribution is 2.31. The molecule has 0 aliphatic heterocycles. The molecule has 1 aromatic rings. The Morgan fingerprint density at radius 2 is 2.00 bits per heavy atom. The fourth-order valence-corrected chi connectivity index (χ4v) is 1.34. The van der Waals surface area contributed by atoms with Crippen LogP contribution in [0.3, 0.4) is 0 Å². The minimum atomic E-state index is -4.53. The molecule has 0 aromatic heterocycles. The highest BCUT2D eigenvalue weighted by Gasteiger charge is 2.31. The lowest BCUT2D eigenvalue weighted by molar-refractivity contribution is -0.137. The number of rotatable bonds is 3. The maximum Gasteiger partial charge on any atom is 0.416 e.